The van der Waals surface area contributed by atoms with E-state index in [1.807, 2.05) is 30.3 Å². The average Bonchev–Trinajstić information content (AvgIpc) is 2.78. The largest absolute Gasteiger partial charge is 0.495 e. The lowest BCUT2D eigenvalue weighted by atomic mass is 10.2. The number of nitrogens with zero attached hydrogens (tertiary/aromatic N) is 4. The van der Waals surface area contributed by atoms with Crippen molar-refractivity contribution in [2.75, 3.05) is 63.0 Å². The molecule has 1 aliphatic rings. The van der Waals surface area contributed by atoms with Gasteiger partial charge in [0, 0.05) is 37.6 Å². The molecule has 0 radical (unpaired) electrons. The molecule has 0 saturated carbocycles. The van der Waals surface area contributed by atoms with Crippen molar-refractivity contribution in [3.8, 4) is 17.2 Å². The Labute approximate surface area is 169 Å². The number of aromatic nitrogens is 2. The molecule has 2 heterocycles. The van der Waals surface area contributed by atoms with E-state index in [1.165, 1.54) is 0 Å². The van der Waals surface area contributed by atoms with Gasteiger partial charge >= 0.3 is 0 Å². The topological polar surface area (TPSA) is 86.0 Å². The normalized spacial score (nSPS) is 14.2. The van der Waals surface area contributed by atoms with Gasteiger partial charge in [-0.05, 0) is 18.2 Å². The van der Waals surface area contributed by atoms with E-state index in [1.54, 1.807) is 21.3 Å². The zero-order valence-electron chi connectivity index (χ0n) is 16.9. The summed E-state index contributed by atoms with van der Waals surface area (Å²) in [5.74, 6) is 3.16. The maximum absolute atomic E-state index is 6.23. The molecule has 2 N–H and O–H groups in total. The molecule has 4 rings (SSSR count). The smallest absolute Gasteiger partial charge is 0.228 e. The second kappa shape index (κ2) is 7.90. The second-order valence-corrected chi connectivity index (χ2v) is 6.78. The fourth-order valence-corrected chi connectivity index (χ4v) is 3.65. The highest BCUT2D eigenvalue weighted by Crippen LogP contribution is 2.34. The summed E-state index contributed by atoms with van der Waals surface area (Å²) in [6.45, 7) is 3.26. The molecule has 2 aromatic carbocycles. The third-order valence-corrected chi connectivity index (χ3v) is 5.21. The lowest BCUT2D eigenvalue weighted by molar-refractivity contribution is 0.356. The zero-order chi connectivity index (χ0) is 20.4. The Morgan fingerprint density at radius 2 is 1.41 bits per heavy atom. The first-order valence-electron chi connectivity index (χ1n) is 9.46. The van der Waals surface area contributed by atoms with Crippen LogP contribution < -0.4 is 29.7 Å². The van der Waals surface area contributed by atoms with Gasteiger partial charge in [-0.15, -0.1) is 0 Å². The van der Waals surface area contributed by atoms with Crippen LogP contribution in [0.15, 0.2) is 36.4 Å². The summed E-state index contributed by atoms with van der Waals surface area (Å²) in [5, 5.41) is 0.749. The molecule has 8 nitrogen and oxygen atoms in total. The number of benzene rings is 2. The summed E-state index contributed by atoms with van der Waals surface area (Å²) in [7, 11) is 4.90. The fraction of sp³-hybridized carbons (Fsp3) is 0.333. The van der Waals surface area contributed by atoms with E-state index in [0.29, 0.717) is 23.3 Å². The van der Waals surface area contributed by atoms with Crippen LogP contribution in [0.3, 0.4) is 0 Å². The summed E-state index contributed by atoms with van der Waals surface area (Å²) in [5.41, 5.74) is 8.07. The Hall–Kier alpha value is -3.42. The number of methoxy groups -OCH3 is 3. The van der Waals surface area contributed by atoms with Gasteiger partial charge in [-0.2, -0.15) is 4.98 Å². The number of fused-ring (bicyclic) bond motifs is 1. The van der Waals surface area contributed by atoms with Gasteiger partial charge in [-0.3, -0.25) is 0 Å². The minimum atomic E-state index is 0.429. The lowest BCUT2D eigenvalue weighted by Gasteiger charge is -2.36. The van der Waals surface area contributed by atoms with Crippen LogP contribution >= 0.6 is 0 Å². The number of nitrogens with two attached hydrogens (primary N) is 1. The molecule has 0 amide bonds. The number of para-hydroxylation sites is 2. The molecule has 0 bridgehead atoms. The molecule has 0 aliphatic carbocycles. The third-order valence-electron chi connectivity index (χ3n) is 5.21. The van der Waals surface area contributed by atoms with Crippen molar-refractivity contribution in [2.45, 2.75) is 0 Å². The van der Waals surface area contributed by atoms with Gasteiger partial charge in [-0.1, -0.05) is 12.1 Å². The minimum absolute atomic E-state index is 0.429. The number of hydrogen-bond donors (Lipinski definition) is 1. The molecule has 1 aromatic heterocycles. The predicted octanol–water partition coefficient (Wildman–Crippen LogP) is 2.56. The first-order valence-corrected chi connectivity index (χ1v) is 9.46. The van der Waals surface area contributed by atoms with Crippen LogP contribution in [0.1, 0.15) is 0 Å². The number of anilines is 3. The molecule has 1 saturated heterocycles. The van der Waals surface area contributed by atoms with Crippen LogP contribution in [-0.4, -0.2) is 57.5 Å². The monoisotopic (exact) mass is 395 g/mol. The first-order chi connectivity index (χ1) is 14.1. The molecule has 0 atom stereocenters. The zero-order valence-corrected chi connectivity index (χ0v) is 16.9. The van der Waals surface area contributed by atoms with Crippen LogP contribution in [0.25, 0.3) is 10.9 Å². The van der Waals surface area contributed by atoms with Gasteiger partial charge in [0.05, 0.1) is 32.5 Å². The molecule has 152 valence electrons. The minimum Gasteiger partial charge on any atom is -0.495 e. The number of rotatable bonds is 5. The maximum atomic E-state index is 6.23. The Morgan fingerprint density at radius 3 is 2.10 bits per heavy atom. The highest BCUT2D eigenvalue weighted by molar-refractivity contribution is 5.91. The molecule has 0 unspecified atom stereocenters. The molecule has 1 aliphatic heterocycles. The standard InChI is InChI=1S/C21H25N5O3/c1-27-17-7-5-4-6-16(17)25-8-10-26(11-9-25)21-23-15-13-19(29-3)18(28-2)12-14(15)20(22)24-21/h4-7,12-13H,8-11H2,1-3H3,(H2,22,23,24). The first kappa shape index (κ1) is 18.9. The van der Waals surface area contributed by atoms with Crippen LogP contribution in [0.2, 0.25) is 0 Å². The summed E-state index contributed by atoms with van der Waals surface area (Å²) in [4.78, 5) is 13.7. The maximum Gasteiger partial charge on any atom is 0.228 e. The van der Waals surface area contributed by atoms with Crippen molar-refractivity contribution >= 4 is 28.4 Å². The molecule has 1 fully saturated rings. The summed E-state index contributed by atoms with van der Waals surface area (Å²) < 4.78 is 16.2. The number of nitrogen functional groups attached to an aromatic ring is 1. The Balaban J connectivity index is 1.58. The van der Waals surface area contributed by atoms with E-state index in [-0.39, 0.29) is 0 Å². The lowest BCUT2D eigenvalue weighted by Crippen LogP contribution is -2.47. The van der Waals surface area contributed by atoms with Crippen LogP contribution in [-0.2, 0) is 0 Å². The van der Waals surface area contributed by atoms with Gasteiger partial charge in [0.25, 0.3) is 0 Å². The predicted molar refractivity (Wildman–Crippen MR) is 114 cm³/mol. The molecular formula is C21H25N5O3. The molecule has 29 heavy (non-hydrogen) atoms. The van der Waals surface area contributed by atoms with E-state index in [0.717, 1.165) is 48.5 Å². The van der Waals surface area contributed by atoms with Gasteiger partial charge in [-0.25, -0.2) is 4.98 Å². The highest BCUT2D eigenvalue weighted by Gasteiger charge is 2.22. The third kappa shape index (κ3) is 3.53. The van der Waals surface area contributed by atoms with Crippen LogP contribution in [0.4, 0.5) is 17.5 Å². The van der Waals surface area contributed by atoms with E-state index < -0.39 is 0 Å². The molecule has 8 heteroatoms. The van der Waals surface area contributed by atoms with Gasteiger partial charge in [0.1, 0.15) is 11.6 Å². The van der Waals surface area contributed by atoms with Gasteiger partial charge in [0.15, 0.2) is 11.5 Å². The van der Waals surface area contributed by atoms with E-state index >= 15 is 0 Å². The second-order valence-electron chi connectivity index (χ2n) is 6.78. The van der Waals surface area contributed by atoms with Crippen LogP contribution in [0.5, 0.6) is 17.2 Å². The quantitative estimate of drug-likeness (QED) is 0.705. The highest BCUT2D eigenvalue weighted by atomic mass is 16.5. The van der Waals surface area contributed by atoms with Crippen molar-refractivity contribution in [2.24, 2.45) is 0 Å². The molecular weight excluding hydrogens is 370 g/mol. The number of ether oxygens (including phenoxy) is 3. The summed E-state index contributed by atoms with van der Waals surface area (Å²) >= 11 is 0. The van der Waals surface area contributed by atoms with Crippen molar-refractivity contribution < 1.29 is 14.2 Å². The van der Waals surface area contributed by atoms with Gasteiger partial charge < -0.3 is 29.7 Å². The summed E-state index contributed by atoms with van der Waals surface area (Å²) in [6.07, 6.45) is 0. The van der Waals surface area contributed by atoms with Crippen molar-refractivity contribution in [3.63, 3.8) is 0 Å². The molecule has 3 aromatic rings. The average molecular weight is 395 g/mol. The number of hydrogen-bond acceptors (Lipinski definition) is 8. The number of piperazine rings is 1. The van der Waals surface area contributed by atoms with E-state index in [9.17, 15) is 0 Å². The van der Waals surface area contributed by atoms with E-state index in [4.69, 9.17) is 24.9 Å². The van der Waals surface area contributed by atoms with Crippen molar-refractivity contribution in [1.82, 2.24) is 9.97 Å². The fourth-order valence-electron chi connectivity index (χ4n) is 3.65. The Kier molecular flexibility index (Phi) is 5.16. The SMILES string of the molecule is COc1cc2nc(N3CCN(c4ccccc4OC)CC3)nc(N)c2cc1OC. The van der Waals surface area contributed by atoms with E-state index in [2.05, 4.69) is 20.9 Å². The molecule has 0 spiro atoms. The van der Waals surface area contributed by atoms with Gasteiger partial charge in [0.2, 0.25) is 5.95 Å². The van der Waals surface area contributed by atoms with Crippen LogP contribution in [0, 0.1) is 0 Å². The van der Waals surface area contributed by atoms with Crippen molar-refractivity contribution in [1.29, 1.82) is 0 Å². The summed E-state index contributed by atoms with van der Waals surface area (Å²) in [6, 6.07) is 11.7. The van der Waals surface area contributed by atoms with Crippen molar-refractivity contribution in [3.05, 3.63) is 36.4 Å². The Morgan fingerprint density at radius 1 is 0.793 bits per heavy atom. The Bertz CT molecular complexity index is 1020.